The molecular weight excluding hydrogens is 339 g/mol. The quantitative estimate of drug-likeness (QED) is 0.628. The molecule has 0 saturated heterocycles. The molecule has 1 aromatic heterocycles. The van der Waals surface area contributed by atoms with Crippen LogP contribution in [0.25, 0.3) is 10.9 Å². The van der Waals surface area contributed by atoms with Crippen molar-refractivity contribution in [2.24, 2.45) is 0 Å². The number of amides is 1. The molecule has 126 valence electrons. The number of pyridine rings is 1. The zero-order valence-electron chi connectivity index (χ0n) is 13.5. The van der Waals surface area contributed by atoms with Gasteiger partial charge < -0.3 is 4.90 Å². The Kier molecular flexibility index (Phi) is 4.14. The molecule has 1 heterocycles. The Labute approximate surface area is 150 Å². The normalized spacial score (nSPS) is 13.8. The van der Waals surface area contributed by atoms with Gasteiger partial charge in [-0.1, -0.05) is 23.7 Å². The zero-order valence-corrected chi connectivity index (χ0v) is 14.2. The van der Waals surface area contributed by atoms with Crippen LogP contribution >= 0.6 is 11.6 Å². The Morgan fingerprint density at radius 2 is 1.88 bits per heavy atom. The van der Waals surface area contributed by atoms with Crippen molar-refractivity contribution in [3.63, 3.8) is 0 Å². The molecule has 5 heteroatoms. The molecule has 0 aliphatic heterocycles. The summed E-state index contributed by atoms with van der Waals surface area (Å²) in [4.78, 5) is 19.1. The third-order valence-electron chi connectivity index (χ3n) is 4.42. The Bertz CT molecular complexity index is 938. The van der Waals surface area contributed by atoms with E-state index in [9.17, 15) is 9.18 Å². The lowest BCUT2D eigenvalue weighted by molar-refractivity contribution is 0.0730. The van der Waals surface area contributed by atoms with E-state index in [-0.39, 0.29) is 17.8 Å². The molecule has 4 rings (SSSR count). The molecule has 1 aliphatic carbocycles. The van der Waals surface area contributed by atoms with Crippen LogP contribution in [0.1, 0.15) is 28.8 Å². The molecule has 1 aliphatic rings. The van der Waals surface area contributed by atoms with E-state index in [0.717, 1.165) is 29.3 Å². The van der Waals surface area contributed by atoms with Crippen LogP contribution in [0.4, 0.5) is 4.39 Å². The van der Waals surface area contributed by atoms with Crippen LogP contribution in [0.15, 0.2) is 54.6 Å². The number of nitrogens with zero attached hydrogens (tertiary/aromatic N) is 2. The van der Waals surface area contributed by atoms with Crippen molar-refractivity contribution in [3.05, 3.63) is 76.7 Å². The van der Waals surface area contributed by atoms with Gasteiger partial charge in [0, 0.05) is 23.5 Å². The second kappa shape index (κ2) is 6.45. The van der Waals surface area contributed by atoms with Gasteiger partial charge in [0.15, 0.2) is 0 Å². The predicted octanol–water partition coefficient (Wildman–Crippen LogP) is 4.83. The first kappa shape index (κ1) is 16.0. The molecule has 1 fully saturated rings. The van der Waals surface area contributed by atoms with Crippen LogP contribution in [0, 0.1) is 5.82 Å². The summed E-state index contributed by atoms with van der Waals surface area (Å²) in [6, 6.07) is 15.6. The lowest BCUT2D eigenvalue weighted by Crippen LogP contribution is -2.32. The number of halogens is 2. The first-order chi connectivity index (χ1) is 12.1. The highest BCUT2D eigenvalue weighted by Gasteiger charge is 2.33. The smallest absolute Gasteiger partial charge is 0.254 e. The maximum atomic E-state index is 13.1. The standard InChI is InChI=1S/C20H16ClFN2O/c21-19-10-4-14-11-15(3-9-18(14)23-19)20(25)24(17-7-8-17)12-13-1-5-16(22)6-2-13/h1-6,9-11,17H,7-8,12H2. The van der Waals surface area contributed by atoms with E-state index in [1.165, 1.54) is 12.1 Å². The molecular formula is C20H16ClFN2O. The molecule has 0 bridgehead atoms. The molecule has 3 aromatic rings. The first-order valence-corrected chi connectivity index (χ1v) is 8.60. The topological polar surface area (TPSA) is 33.2 Å². The molecule has 2 aromatic carbocycles. The number of carbonyl (C=O) groups excluding carboxylic acids is 1. The lowest BCUT2D eigenvalue weighted by Gasteiger charge is -2.23. The van der Waals surface area contributed by atoms with E-state index in [2.05, 4.69) is 4.98 Å². The third kappa shape index (κ3) is 3.49. The Morgan fingerprint density at radius 3 is 2.60 bits per heavy atom. The molecule has 0 radical (unpaired) electrons. The highest BCUT2D eigenvalue weighted by molar-refractivity contribution is 6.29. The van der Waals surface area contributed by atoms with Gasteiger partial charge in [-0.05, 0) is 60.9 Å². The Morgan fingerprint density at radius 1 is 1.12 bits per heavy atom. The van der Waals surface area contributed by atoms with Crippen molar-refractivity contribution in [2.75, 3.05) is 0 Å². The number of benzene rings is 2. The summed E-state index contributed by atoms with van der Waals surface area (Å²) in [6.07, 6.45) is 2.02. The minimum Gasteiger partial charge on any atom is -0.331 e. The van der Waals surface area contributed by atoms with Crippen LogP contribution in [0.3, 0.4) is 0 Å². The summed E-state index contributed by atoms with van der Waals surface area (Å²) < 4.78 is 13.1. The SMILES string of the molecule is O=C(c1ccc2nc(Cl)ccc2c1)N(Cc1ccc(F)cc1)C1CC1. The van der Waals surface area contributed by atoms with Gasteiger partial charge in [0.05, 0.1) is 5.52 Å². The number of hydrogen-bond acceptors (Lipinski definition) is 2. The monoisotopic (exact) mass is 354 g/mol. The minimum atomic E-state index is -0.270. The molecule has 25 heavy (non-hydrogen) atoms. The van der Waals surface area contributed by atoms with Gasteiger partial charge in [0.1, 0.15) is 11.0 Å². The summed E-state index contributed by atoms with van der Waals surface area (Å²) >= 11 is 5.91. The molecule has 3 nitrogen and oxygen atoms in total. The van der Waals surface area contributed by atoms with Crippen molar-refractivity contribution in [3.8, 4) is 0 Å². The van der Waals surface area contributed by atoms with E-state index < -0.39 is 0 Å². The maximum absolute atomic E-state index is 13.1. The number of aromatic nitrogens is 1. The van der Waals surface area contributed by atoms with Crippen molar-refractivity contribution < 1.29 is 9.18 Å². The minimum absolute atomic E-state index is 0.0105. The van der Waals surface area contributed by atoms with Crippen LogP contribution < -0.4 is 0 Å². The van der Waals surface area contributed by atoms with Crippen LogP contribution in [0.5, 0.6) is 0 Å². The van der Waals surface area contributed by atoms with Crippen molar-refractivity contribution in [1.82, 2.24) is 9.88 Å². The second-order valence-electron chi connectivity index (χ2n) is 6.33. The summed E-state index contributed by atoms with van der Waals surface area (Å²) in [5, 5.41) is 1.32. The fourth-order valence-corrected chi connectivity index (χ4v) is 3.09. The Balaban J connectivity index is 1.62. The van der Waals surface area contributed by atoms with Crippen LogP contribution in [-0.4, -0.2) is 21.8 Å². The van der Waals surface area contributed by atoms with Gasteiger partial charge in [0.2, 0.25) is 0 Å². The zero-order chi connectivity index (χ0) is 17.4. The fraction of sp³-hybridized carbons (Fsp3) is 0.200. The van der Waals surface area contributed by atoms with E-state index >= 15 is 0 Å². The molecule has 1 amide bonds. The van der Waals surface area contributed by atoms with Gasteiger partial charge in [-0.3, -0.25) is 4.79 Å². The number of fused-ring (bicyclic) bond motifs is 1. The van der Waals surface area contributed by atoms with Gasteiger partial charge in [-0.2, -0.15) is 0 Å². The van der Waals surface area contributed by atoms with Crippen LogP contribution in [-0.2, 0) is 6.54 Å². The molecule has 0 spiro atoms. The molecule has 1 saturated carbocycles. The molecule has 0 atom stereocenters. The predicted molar refractivity (Wildman–Crippen MR) is 96.0 cm³/mol. The highest BCUT2D eigenvalue weighted by atomic mass is 35.5. The number of carbonyl (C=O) groups is 1. The van der Waals surface area contributed by atoms with Crippen molar-refractivity contribution >= 4 is 28.4 Å². The van der Waals surface area contributed by atoms with Gasteiger partial charge >= 0.3 is 0 Å². The summed E-state index contributed by atoms with van der Waals surface area (Å²) in [6.45, 7) is 0.487. The van der Waals surface area contributed by atoms with E-state index in [4.69, 9.17) is 11.6 Å². The van der Waals surface area contributed by atoms with Crippen molar-refractivity contribution in [2.45, 2.75) is 25.4 Å². The summed E-state index contributed by atoms with van der Waals surface area (Å²) in [5.41, 5.74) is 2.32. The van der Waals surface area contributed by atoms with E-state index in [0.29, 0.717) is 17.3 Å². The summed E-state index contributed by atoms with van der Waals surface area (Å²) in [7, 11) is 0. The van der Waals surface area contributed by atoms with Gasteiger partial charge in [-0.25, -0.2) is 9.37 Å². The lowest BCUT2D eigenvalue weighted by atomic mass is 10.1. The van der Waals surface area contributed by atoms with E-state index in [1.807, 2.05) is 23.1 Å². The van der Waals surface area contributed by atoms with E-state index in [1.54, 1.807) is 24.3 Å². The number of hydrogen-bond donors (Lipinski definition) is 0. The molecule has 0 unspecified atom stereocenters. The average Bonchev–Trinajstić information content (AvgIpc) is 3.45. The molecule has 0 N–H and O–H groups in total. The Hall–Kier alpha value is -2.46. The second-order valence-corrected chi connectivity index (χ2v) is 6.72. The number of rotatable bonds is 4. The first-order valence-electron chi connectivity index (χ1n) is 8.22. The maximum Gasteiger partial charge on any atom is 0.254 e. The van der Waals surface area contributed by atoms with Crippen LogP contribution in [0.2, 0.25) is 5.15 Å². The largest absolute Gasteiger partial charge is 0.331 e. The van der Waals surface area contributed by atoms with Crippen molar-refractivity contribution in [1.29, 1.82) is 0 Å². The third-order valence-corrected chi connectivity index (χ3v) is 4.63. The summed E-state index contributed by atoms with van der Waals surface area (Å²) in [5.74, 6) is -0.280. The van der Waals surface area contributed by atoms with Gasteiger partial charge in [-0.15, -0.1) is 0 Å². The fourth-order valence-electron chi connectivity index (χ4n) is 2.94. The van der Waals surface area contributed by atoms with Gasteiger partial charge in [0.25, 0.3) is 5.91 Å². The highest BCUT2D eigenvalue weighted by Crippen LogP contribution is 2.30. The average molecular weight is 355 g/mol.